The molecule has 1 atom stereocenters. The second-order valence-electron chi connectivity index (χ2n) is 6.01. The molecule has 0 unspecified atom stereocenters. The molecule has 1 aliphatic rings. The highest BCUT2D eigenvalue weighted by molar-refractivity contribution is 5.78. The lowest BCUT2D eigenvalue weighted by Gasteiger charge is -2.17. The molecule has 1 fully saturated rings. The summed E-state index contributed by atoms with van der Waals surface area (Å²) in [7, 11) is 0. The number of carbonyl (C=O) groups is 1. The van der Waals surface area contributed by atoms with Gasteiger partial charge in [0.1, 0.15) is 23.5 Å². The summed E-state index contributed by atoms with van der Waals surface area (Å²) in [5.41, 5.74) is 0.848. The molecule has 2 aromatic rings. The Morgan fingerprint density at radius 3 is 2.76 bits per heavy atom. The van der Waals surface area contributed by atoms with Gasteiger partial charge in [0, 0.05) is 24.7 Å². The summed E-state index contributed by atoms with van der Waals surface area (Å²) in [5.74, 6) is 1.20. The molecule has 6 nitrogen and oxygen atoms in total. The van der Waals surface area contributed by atoms with Gasteiger partial charge in [-0.25, -0.2) is 9.37 Å². The summed E-state index contributed by atoms with van der Waals surface area (Å²) in [6, 6.07) is 7.38. The Bertz CT molecular complexity index is 731. The van der Waals surface area contributed by atoms with Crippen LogP contribution in [0.1, 0.15) is 17.9 Å². The van der Waals surface area contributed by atoms with Gasteiger partial charge in [-0.3, -0.25) is 4.79 Å². The van der Waals surface area contributed by atoms with Gasteiger partial charge in [0.15, 0.2) is 6.61 Å². The van der Waals surface area contributed by atoms with Gasteiger partial charge in [-0.2, -0.15) is 4.98 Å². The van der Waals surface area contributed by atoms with E-state index in [4.69, 9.17) is 9.47 Å². The number of nitrogens with zero attached hydrogens (tertiary/aromatic N) is 3. The highest BCUT2D eigenvalue weighted by atomic mass is 19.1. The lowest BCUT2D eigenvalue weighted by molar-refractivity contribution is -0.132. The lowest BCUT2D eigenvalue weighted by Crippen LogP contribution is -2.34. The Morgan fingerprint density at radius 2 is 2.04 bits per heavy atom. The van der Waals surface area contributed by atoms with Crippen molar-refractivity contribution in [1.29, 1.82) is 0 Å². The maximum Gasteiger partial charge on any atom is 0.260 e. The normalized spacial score (nSPS) is 16.8. The number of benzene rings is 1. The van der Waals surface area contributed by atoms with E-state index in [9.17, 15) is 9.18 Å². The van der Waals surface area contributed by atoms with Crippen molar-refractivity contribution >= 4 is 5.91 Å². The van der Waals surface area contributed by atoms with E-state index in [2.05, 4.69) is 9.97 Å². The van der Waals surface area contributed by atoms with Crippen LogP contribution in [0.25, 0.3) is 0 Å². The summed E-state index contributed by atoms with van der Waals surface area (Å²) >= 11 is 0. The Morgan fingerprint density at radius 1 is 1.28 bits per heavy atom. The molecule has 2 heterocycles. The van der Waals surface area contributed by atoms with E-state index in [0.29, 0.717) is 30.5 Å². The topological polar surface area (TPSA) is 64.5 Å². The van der Waals surface area contributed by atoms with E-state index in [1.807, 2.05) is 13.8 Å². The van der Waals surface area contributed by atoms with E-state index in [1.54, 1.807) is 11.0 Å². The van der Waals surface area contributed by atoms with E-state index in [1.165, 1.54) is 24.3 Å². The molecule has 0 spiro atoms. The van der Waals surface area contributed by atoms with Gasteiger partial charge in [0.2, 0.25) is 5.88 Å². The molecule has 1 amide bonds. The molecule has 1 saturated heterocycles. The average molecular weight is 345 g/mol. The molecule has 1 aliphatic heterocycles. The monoisotopic (exact) mass is 345 g/mol. The number of carbonyl (C=O) groups excluding carboxylic acids is 1. The van der Waals surface area contributed by atoms with Crippen molar-refractivity contribution in [3.05, 3.63) is 47.7 Å². The van der Waals surface area contributed by atoms with E-state index in [-0.39, 0.29) is 24.4 Å². The minimum atomic E-state index is -0.339. The van der Waals surface area contributed by atoms with Crippen LogP contribution in [0, 0.1) is 19.7 Å². The number of amides is 1. The number of aryl methyl sites for hydroxylation is 2. The first-order chi connectivity index (χ1) is 12.0. The fourth-order valence-electron chi connectivity index (χ4n) is 2.73. The number of aromatic nitrogens is 2. The smallest absolute Gasteiger partial charge is 0.260 e. The van der Waals surface area contributed by atoms with Crippen LogP contribution in [-0.4, -0.2) is 46.6 Å². The zero-order chi connectivity index (χ0) is 17.8. The first-order valence-electron chi connectivity index (χ1n) is 8.14. The molecular formula is C18H20FN3O3. The fourth-order valence-corrected chi connectivity index (χ4v) is 2.73. The quantitative estimate of drug-likeness (QED) is 0.832. The number of hydrogen-bond acceptors (Lipinski definition) is 5. The summed E-state index contributed by atoms with van der Waals surface area (Å²) in [6.45, 7) is 4.73. The van der Waals surface area contributed by atoms with E-state index < -0.39 is 0 Å². The summed E-state index contributed by atoms with van der Waals surface area (Å²) in [5, 5.41) is 0. The van der Waals surface area contributed by atoms with Crippen LogP contribution in [0.15, 0.2) is 30.3 Å². The SMILES string of the molecule is Cc1cc(O[C@H]2CCN(C(=O)COc3ccc(F)cc3)C2)nc(C)n1. The number of rotatable bonds is 5. The summed E-state index contributed by atoms with van der Waals surface area (Å²) in [4.78, 5) is 22.4. The van der Waals surface area contributed by atoms with Crippen molar-refractivity contribution in [2.45, 2.75) is 26.4 Å². The lowest BCUT2D eigenvalue weighted by atomic mass is 10.3. The van der Waals surface area contributed by atoms with Crippen LogP contribution in [0.2, 0.25) is 0 Å². The van der Waals surface area contributed by atoms with Crippen molar-refractivity contribution in [3.63, 3.8) is 0 Å². The Kier molecular flexibility index (Phi) is 5.11. The Labute approximate surface area is 145 Å². The molecule has 0 saturated carbocycles. The molecule has 0 radical (unpaired) electrons. The third-order valence-electron chi connectivity index (χ3n) is 3.90. The van der Waals surface area contributed by atoms with Gasteiger partial charge in [0.05, 0.1) is 6.54 Å². The maximum atomic E-state index is 12.8. The number of hydrogen-bond donors (Lipinski definition) is 0. The molecule has 0 bridgehead atoms. The van der Waals surface area contributed by atoms with E-state index in [0.717, 1.165) is 12.1 Å². The molecule has 0 N–H and O–H groups in total. The largest absolute Gasteiger partial charge is 0.484 e. The van der Waals surface area contributed by atoms with Crippen LogP contribution in [0.4, 0.5) is 4.39 Å². The molecule has 132 valence electrons. The molecule has 1 aromatic heterocycles. The second-order valence-corrected chi connectivity index (χ2v) is 6.01. The van der Waals surface area contributed by atoms with Gasteiger partial charge in [-0.15, -0.1) is 0 Å². The number of likely N-dealkylation sites (tertiary alicyclic amines) is 1. The van der Waals surface area contributed by atoms with Crippen molar-refractivity contribution in [3.8, 4) is 11.6 Å². The number of ether oxygens (including phenoxy) is 2. The van der Waals surface area contributed by atoms with Gasteiger partial charge in [-0.1, -0.05) is 0 Å². The third-order valence-corrected chi connectivity index (χ3v) is 3.90. The standard InChI is InChI=1S/C18H20FN3O3/c1-12-9-17(21-13(2)20-12)25-16-7-8-22(10-16)18(23)11-24-15-5-3-14(19)4-6-15/h3-6,9,16H,7-8,10-11H2,1-2H3/t16-/m0/s1. The zero-order valence-corrected chi connectivity index (χ0v) is 14.2. The van der Waals surface area contributed by atoms with Gasteiger partial charge < -0.3 is 14.4 Å². The highest BCUT2D eigenvalue weighted by Crippen LogP contribution is 2.18. The summed E-state index contributed by atoms with van der Waals surface area (Å²) in [6.07, 6.45) is 0.646. The average Bonchev–Trinajstić information content (AvgIpc) is 3.01. The fraction of sp³-hybridized carbons (Fsp3) is 0.389. The molecule has 25 heavy (non-hydrogen) atoms. The predicted octanol–water partition coefficient (Wildman–Crippen LogP) is 2.29. The van der Waals surface area contributed by atoms with Crippen LogP contribution in [-0.2, 0) is 4.79 Å². The Hall–Kier alpha value is -2.70. The van der Waals surface area contributed by atoms with E-state index >= 15 is 0 Å². The third kappa shape index (κ3) is 4.65. The minimum Gasteiger partial charge on any atom is -0.484 e. The molecule has 1 aromatic carbocycles. The first-order valence-corrected chi connectivity index (χ1v) is 8.14. The predicted molar refractivity (Wildman–Crippen MR) is 89.0 cm³/mol. The first kappa shape index (κ1) is 17.1. The van der Waals surface area contributed by atoms with Crippen molar-refractivity contribution in [2.24, 2.45) is 0 Å². The van der Waals surface area contributed by atoms with Crippen molar-refractivity contribution in [2.75, 3.05) is 19.7 Å². The van der Waals surface area contributed by atoms with Gasteiger partial charge in [0.25, 0.3) is 5.91 Å². The molecule has 0 aliphatic carbocycles. The maximum absolute atomic E-state index is 12.8. The Balaban J connectivity index is 1.49. The van der Waals surface area contributed by atoms with Crippen LogP contribution >= 0.6 is 0 Å². The van der Waals surface area contributed by atoms with Gasteiger partial charge in [-0.05, 0) is 38.1 Å². The highest BCUT2D eigenvalue weighted by Gasteiger charge is 2.28. The van der Waals surface area contributed by atoms with Crippen molar-refractivity contribution < 1.29 is 18.7 Å². The van der Waals surface area contributed by atoms with Gasteiger partial charge >= 0.3 is 0 Å². The summed E-state index contributed by atoms with van der Waals surface area (Å²) < 4.78 is 24.1. The van der Waals surface area contributed by atoms with Crippen molar-refractivity contribution in [1.82, 2.24) is 14.9 Å². The zero-order valence-electron chi connectivity index (χ0n) is 14.2. The molecule has 7 heteroatoms. The van der Waals surface area contributed by atoms with Crippen LogP contribution in [0.5, 0.6) is 11.6 Å². The second kappa shape index (κ2) is 7.46. The minimum absolute atomic E-state index is 0.0793. The van der Waals surface area contributed by atoms with Crippen LogP contribution in [0.3, 0.4) is 0 Å². The number of halogens is 1. The van der Waals surface area contributed by atoms with Crippen LogP contribution < -0.4 is 9.47 Å². The molecular weight excluding hydrogens is 325 g/mol. The molecule has 3 rings (SSSR count).